The largest absolute Gasteiger partial charge is 0.479 e. The molecular weight excluding hydrogens is 280 g/mol. The van der Waals surface area contributed by atoms with E-state index in [4.69, 9.17) is 20.5 Å². The first-order chi connectivity index (χ1) is 8.12. The van der Waals surface area contributed by atoms with Gasteiger partial charge >= 0.3 is 5.97 Å². The van der Waals surface area contributed by atoms with E-state index < -0.39 is 21.1 Å². The van der Waals surface area contributed by atoms with E-state index in [0.717, 1.165) is 0 Å². The predicted molar refractivity (Wildman–Crippen MR) is 66.7 cm³/mol. The van der Waals surface area contributed by atoms with Gasteiger partial charge in [0.1, 0.15) is 5.75 Å². The molecule has 1 unspecified atom stereocenters. The van der Waals surface area contributed by atoms with Crippen LogP contribution in [0.2, 0.25) is 0 Å². The molecule has 1 aromatic rings. The van der Waals surface area contributed by atoms with Gasteiger partial charge in [-0.1, -0.05) is 0 Å². The average Bonchev–Trinajstić information content (AvgIpc) is 2.13. The van der Waals surface area contributed by atoms with Crippen LogP contribution in [0.5, 0.6) is 5.75 Å². The van der Waals surface area contributed by atoms with Gasteiger partial charge in [0.2, 0.25) is 0 Å². The van der Waals surface area contributed by atoms with Gasteiger partial charge in [-0.15, -0.1) is 0 Å². The van der Waals surface area contributed by atoms with Gasteiger partial charge in [-0.25, -0.2) is 13.2 Å². The van der Waals surface area contributed by atoms with Crippen molar-refractivity contribution in [3.63, 3.8) is 0 Å². The fourth-order valence-corrected chi connectivity index (χ4v) is 3.23. The molecule has 7 heteroatoms. The zero-order valence-corrected chi connectivity index (χ0v) is 11.7. The van der Waals surface area contributed by atoms with Crippen molar-refractivity contribution in [1.29, 1.82) is 0 Å². The molecule has 0 saturated carbocycles. The van der Waals surface area contributed by atoms with Gasteiger partial charge in [0.15, 0.2) is 6.10 Å². The van der Waals surface area contributed by atoms with Crippen LogP contribution in [0.25, 0.3) is 0 Å². The Kier molecular flexibility index (Phi) is 4.24. The standard InChI is InChI=1S/C11H13ClO5S/c1-6-4-9(17-8(3)11(13)14)5-7(2)10(6)18(12,15)16/h4-5,8H,1-3H3,(H,13,14). The molecule has 1 N–H and O–H groups in total. The SMILES string of the molecule is Cc1cc(OC(C)C(=O)O)cc(C)c1S(=O)(=O)Cl. The maximum absolute atomic E-state index is 11.3. The summed E-state index contributed by atoms with van der Waals surface area (Å²) in [5.74, 6) is -0.802. The van der Waals surface area contributed by atoms with Gasteiger partial charge in [-0.05, 0) is 44.0 Å². The quantitative estimate of drug-likeness (QED) is 0.859. The molecule has 100 valence electrons. The molecule has 0 aromatic heterocycles. The van der Waals surface area contributed by atoms with E-state index in [-0.39, 0.29) is 4.90 Å². The topological polar surface area (TPSA) is 80.7 Å². The smallest absolute Gasteiger partial charge is 0.344 e. The lowest BCUT2D eigenvalue weighted by atomic mass is 10.1. The number of benzene rings is 1. The van der Waals surface area contributed by atoms with E-state index >= 15 is 0 Å². The van der Waals surface area contributed by atoms with Crippen LogP contribution >= 0.6 is 10.7 Å². The lowest BCUT2D eigenvalue weighted by molar-refractivity contribution is -0.144. The van der Waals surface area contributed by atoms with Gasteiger partial charge < -0.3 is 9.84 Å². The fraction of sp³-hybridized carbons (Fsp3) is 0.364. The lowest BCUT2D eigenvalue weighted by Crippen LogP contribution is -2.23. The highest BCUT2D eigenvalue weighted by molar-refractivity contribution is 8.13. The number of rotatable bonds is 4. The van der Waals surface area contributed by atoms with Gasteiger partial charge in [0.05, 0.1) is 4.90 Å². The summed E-state index contributed by atoms with van der Waals surface area (Å²) < 4.78 is 27.9. The molecular formula is C11H13ClO5S. The Morgan fingerprint density at radius 1 is 1.33 bits per heavy atom. The zero-order valence-electron chi connectivity index (χ0n) is 10.1. The Morgan fingerprint density at radius 3 is 2.11 bits per heavy atom. The highest BCUT2D eigenvalue weighted by atomic mass is 35.7. The molecule has 0 saturated heterocycles. The van der Waals surface area contributed by atoms with Crippen molar-refractivity contribution in [3.05, 3.63) is 23.3 Å². The highest BCUT2D eigenvalue weighted by Crippen LogP contribution is 2.28. The number of carboxylic acids is 1. The van der Waals surface area contributed by atoms with Crippen LogP contribution in [0.1, 0.15) is 18.1 Å². The van der Waals surface area contributed by atoms with Crippen LogP contribution in [0, 0.1) is 13.8 Å². The molecule has 18 heavy (non-hydrogen) atoms. The summed E-state index contributed by atoms with van der Waals surface area (Å²) in [5.41, 5.74) is 0.829. The number of carboxylic acid groups (broad SMARTS) is 1. The van der Waals surface area contributed by atoms with Crippen LogP contribution < -0.4 is 4.74 Å². The first kappa shape index (κ1) is 14.8. The Morgan fingerprint density at radius 2 is 1.78 bits per heavy atom. The Hall–Kier alpha value is -1.27. The van der Waals surface area contributed by atoms with Gasteiger partial charge in [0, 0.05) is 10.7 Å². The number of carbonyl (C=O) groups is 1. The van der Waals surface area contributed by atoms with E-state index in [2.05, 4.69) is 0 Å². The van der Waals surface area contributed by atoms with Crippen molar-refractivity contribution < 1.29 is 23.1 Å². The number of ether oxygens (including phenoxy) is 1. The fourth-order valence-electron chi connectivity index (χ4n) is 1.62. The van der Waals surface area contributed by atoms with E-state index in [1.165, 1.54) is 19.1 Å². The van der Waals surface area contributed by atoms with Crippen molar-refractivity contribution in [1.82, 2.24) is 0 Å². The summed E-state index contributed by atoms with van der Waals surface area (Å²) in [4.78, 5) is 10.7. The molecule has 0 fully saturated rings. The second kappa shape index (κ2) is 5.16. The number of hydrogen-bond acceptors (Lipinski definition) is 4. The number of aliphatic carboxylic acids is 1. The van der Waals surface area contributed by atoms with Crippen molar-refractivity contribution in [3.8, 4) is 5.75 Å². The third-order valence-corrected chi connectivity index (χ3v) is 3.93. The minimum atomic E-state index is -3.83. The summed E-state index contributed by atoms with van der Waals surface area (Å²) in [7, 11) is 1.49. The molecule has 0 amide bonds. The van der Waals surface area contributed by atoms with Crippen molar-refractivity contribution in [2.75, 3.05) is 0 Å². The van der Waals surface area contributed by atoms with E-state index in [0.29, 0.717) is 16.9 Å². The van der Waals surface area contributed by atoms with Crippen molar-refractivity contribution in [2.24, 2.45) is 0 Å². The van der Waals surface area contributed by atoms with Crippen LogP contribution in [-0.4, -0.2) is 25.6 Å². The maximum atomic E-state index is 11.3. The van der Waals surface area contributed by atoms with Crippen LogP contribution in [0.15, 0.2) is 17.0 Å². The van der Waals surface area contributed by atoms with Crippen molar-refractivity contribution >= 4 is 25.7 Å². The lowest BCUT2D eigenvalue weighted by Gasteiger charge is -2.13. The summed E-state index contributed by atoms with van der Waals surface area (Å²) in [5, 5.41) is 8.72. The van der Waals surface area contributed by atoms with E-state index in [9.17, 15) is 13.2 Å². The van der Waals surface area contributed by atoms with Crippen LogP contribution in [0.3, 0.4) is 0 Å². The minimum Gasteiger partial charge on any atom is -0.479 e. The Balaban J connectivity index is 3.20. The molecule has 1 aromatic carbocycles. The molecule has 0 heterocycles. The van der Waals surface area contributed by atoms with E-state index in [1.807, 2.05) is 0 Å². The molecule has 0 spiro atoms. The molecule has 1 atom stereocenters. The summed E-state index contributed by atoms with van der Waals surface area (Å²) in [6, 6.07) is 2.89. The maximum Gasteiger partial charge on any atom is 0.344 e. The summed E-state index contributed by atoms with van der Waals surface area (Å²) in [6.45, 7) is 4.53. The second-order valence-electron chi connectivity index (χ2n) is 3.92. The molecule has 0 radical (unpaired) electrons. The first-order valence-corrected chi connectivity index (χ1v) is 7.39. The molecule has 1 rings (SSSR count). The Labute approximate surface area is 110 Å². The molecule has 5 nitrogen and oxygen atoms in total. The highest BCUT2D eigenvalue weighted by Gasteiger charge is 2.19. The van der Waals surface area contributed by atoms with Gasteiger partial charge in [0.25, 0.3) is 9.05 Å². The summed E-state index contributed by atoms with van der Waals surface area (Å²) >= 11 is 0. The summed E-state index contributed by atoms with van der Waals surface area (Å²) in [6.07, 6.45) is -1.01. The number of halogens is 1. The molecule has 0 aliphatic carbocycles. The minimum absolute atomic E-state index is 0.0273. The molecule has 0 bridgehead atoms. The van der Waals surface area contributed by atoms with Gasteiger partial charge in [-0.3, -0.25) is 0 Å². The third-order valence-electron chi connectivity index (χ3n) is 2.34. The Bertz CT molecular complexity index is 556. The van der Waals surface area contributed by atoms with Crippen LogP contribution in [-0.2, 0) is 13.8 Å². The average molecular weight is 293 g/mol. The molecule has 0 aliphatic rings. The normalized spacial score (nSPS) is 13.1. The number of hydrogen-bond donors (Lipinski definition) is 1. The monoisotopic (exact) mass is 292 g/mol. The van der Waals surface area contributed by atoms with E-state index in [1.54, 1.807) is 13.8 Å². The predicted octanol–water partition coefficient (Wildman–Crippen LogP) is 2.08. The van der Waals surface area contributed by atoms with Crippen LogP contribution in [0.4, 0.5) is 0 Å². The van der Waals surface area contributed by atoms with Gasteiger partial charge in [-0.2, -0.15) is 0 Å². The van der Waals surface area contributed by atoms with Crippen molar-refractivity contribution in [2.45, 2.75) is 31.8 Å². The number of aryl methyl sites for hydroxylation is 2. The molecule has 0 aliphatic heterocycles. The third kappa shape index (κ3) is 3.36. The zero-order chi connectivity index (χ0) is 14.1. The second-order valence-corrected chi connectivity index (χ2v) is 6.43. The first-order valence-electron chi connectivity index (χ1n) is 5.08.